The fraction of sp³-hybridized carbons (Fsp3) is 0.185. The second kappa shape index (κ2) is 7.59. The van der Waals surface area contributed by atoms with Gasteiger partial charge in [-0.05, 0) is 42.3 Å². The van der Waals surface area contributed by atoms with Crippen LogP contribution in [0.5, 0.6) is 0 Å². The third kappa shape index (κ3) is 2.88. The number of imide groups is 1. The number of hydrogen-bond acceptors (Lipinski definition) is 5. The summed E-state index contributed by atoms with van der Waals surface area (Å²) < 4.78 is 6.24. The molecule has 1 spiro atoms. The van der Waals surface area contributed by atoms with Gasteiger partial charge in [0.25, 0.3) is 0 Å². The molecular weight excluding hydrogens is 489 g/mol. The van der Waals surface area contributed by atoms with Crippen LogP contribution in [0.25, 0.3) is 0 Å². The fourth-order valence-corrected chi connectivity index (χ4v) is 5.75. The van der Waals surface area contributed by atoms with Crippen LogP contribution in [-0.4, -0.2) is 29.0 Å². The molecule has 0 saturated carbocycles. The van der Waals surface area contributed by atoms with Crippen molar-refractivity contribution in [1.29, 1.82) is 0 Å². The number of fused-ring (bicyclic) bond motifs is 3. The highest BCUT2D eigenvalue weighted by Gasteiger charge is 2.74. The zero-order valence-electron chi connectivity index (χ0n) is 18.3. The van der Waals surface area contributed by atoms with Crippen molar-refractivity contribution >= 4 is 52.3 Å². The predicted molar refractivity (Wildman–Crippen MR) is 129 cm³/mol. The summed E-state index contributed by atoms with van der Waals surface area (Å²) in [4.78, 5) is 56.2. The van der Waals surface area contributed by atoms with Crippen LogP contribution in [0.3, 0.4) is 0 Å². The number of carbonyl (C=O) groups is 4. The largest absolute Gasteiger partial charge is 0.349 e. The van der Waals surface area contributed by atoms with E-state index in [1.807, 2.05) is 0 Å². The highest BCUT2D eigenvalue weighted by molar-refractivity contribution is 6.37. The number of aryl methyl sites for hydroxylation is 1. The smallest absolute Gasteiger partial charge is 0.241 e. The first-order chi connectivity index (χ1) is 16.8. The van der Waals surface area contributed by atoms with Crippen molar-refractivity contribution < 1.29 is 23.9 Å². The van der Waals surface area contributed by atoms with E-state index in [-0.39, 0.29) is 16.8 Å². The monoisotopic (exact) mass is 505 g/mol. The van der Waals surface area contributed by atoms with Gasteiger partial charge in [-0.3, -0.25) is 19.2 Å². The Labute approximate surface area is 210 Å². The molecule has 2 heterocycles. The van der Waals surface area contributed by atoms with Gasteiger partial charge in [0.1, 0.15) is 0 Å². The van der Waals surface area contributed by atoms with E-state index < -0.39 is 46.9 Å². The first kappa shape index (κ1) is 22.2. The maximum atomic E-state index is 13.9. The van der Waals surface area contributed by atoms with E-state index in [1.54, 1.807) is 55.5 Å². The number of hydrogen-bond donors (Lipinski definition) is 0. The van der Waals surface area contributed by atoms with E-state index in [0.717, 1.165) is 10.5 Å². The first-order valence-corrected chi connectivity index (χ1v) is 11.8. The average molecular weight is 506 g/mol. The van der Waals surface area contributed by atoms with Gasteiger partial charge in [0.05, 0.1) is 23.6 Å². The molecule has 3 aromatic carbocycles. The van der Waals surface area contributed by atoms with Crippen LogP contribution in [0.15, 0.2) is 66.7 Å². The Morgan fingerprint density at radius 2 is 1.46 bits per heavy atom. The molecule has 3 aliphatic rings. The van der Waals surface area contributed by atoms with E-state index in [9.17, 15) is 19.2 Å². The Hall–Kier alpha value is -3.32. The molecule has 0 N–H and O–H groups in total. The van der Waals surface area contributed by atoms with Crippen molar-refractivity contribution in [2.45, 2.75) is 18.6 Å². The minimum absolute atomic E-state index is 0.185. The highest BCUT2D eigenvalue weighted by Crippen LogP contribution is 2.57. The second-order valence-corrected chi connectivity index (χ2v) is 9.82. The lowest BCUT2D eigenvalue weighted by atomic mass is 9.77. The maximum absolute atomic E-state index is 13.9. The van der Waals surface area contributed by atoms with Crippen molar-refractivity contribution in [3.63, 3.8) is 0 Å². The standard InChI is InChI=1S/C27H17Cl2NO5/c1-13-6-11-16(12-19(13)29)30-25(33)20-21(26(30)34)27(35-22(20)14-7-9-15(28)10-8-14)23(31)17-4-2-3-5-18(17)24(27)32/h2-12,20-22H,1H3/t20-,21-,22+/m0/s1. The van der Waals surface area contributed by atoms with Gasteiger partial charge < -0.3 is 4.74 Å². The van der Waals surface area contributed by atoms with Crippen LogP contribution in [0.2, 0.25) is 10.0 Å². The third-order valence-electron chi connectivity index (χ3n) is 7.13. The zero-order valence-corrected chi connectivity index (χ0v) is 19.8. The van der Waals surface area contributed by atoms with Crippen molar-refractivity contribution in [3.8, 4) is 0 Å². The fourth-order valence-electron chi connectivity index (χ4n) is 5.45. The first-order valence-electron chi connectivity index (χ1n) is 11.0. The van der Waals surface area contributed by atoms with Crippen molar-refractivity contribution in [2.75, 3.05) is 4.90 Å². The number of halogens is 2. The molecule has 2 aliphatic heterocycles. The Morgan fingerprint density at radius 1 is 0.829 bits per heavy atom. The van der Waals surface area contributed by atoms with Gasteiger partial charge in [0, 0.05) is 21.2 Å². The van der Waals surface area contributed by atoms with Crippen LogP contribution in [0, 0.1) is 18.8 Å². The summed E-state index contributed by atoms with van der Waals surface area (Å²) in [5.74, 6) is -4.81. The average Bonchev–Trinajstić information content (AvgIpc) is 3.41. The van der Waals surface area contributed by atoms with Crippen molar-refractivity contribution in [2.24, 2.45) is 11.8 Å². The molecule has 8 heteroatoms. The third-order valence-corrected chi connectivity index (χ3v) is 7.79. The van der Waals surface area contributed by atoms with Gasteiger partial charge >= 0.3 is 0 Å². The molecule has 0 aromatic heterocycles. The zero-order chi connectivity index (χ0) is 24.6. The summed E-state index contributed by atoms with van der Waals surface area (Å²) in [7, 11) is 0. The van der Waals surface area contributed by atoms with E-state index >= 15 is 0 Å². The van der Waals surface area contributed by atoms with E-state index in [1.165, 1.54) is 18.2 Å². The number of anilines is 1. The number of rotatable bonds is 2. The molecule has 3 aromatic rings. The summed E-state index contributed by atoms with van der Waals surface area (Å²) in [6, 6.07) is 17.8. The number of ether oxygens (including phenoxy) is 1. The highest BCUT2D eigenvalue weighted by atomic mass is 35.5. The topological polar surface area (TPSA) is 80.8 Å². The van der Waals surface area contributed by atoms with Gasteiger partial charge in [0.15, 0.2) is 0 Å². The number of benzene rings is 3. The molecular formula is C27H17Cl2NO5. The van der Waals surface area contributed by atoms with Gasteiger partial charge in [-0.2, -0.15) is 0 Å². The summed E-state index contributed by atoms with van der Waals surface area (Å²) >= 11 is 12.3. The Kier molecular flexibility index (Phi) is 4.81. The van der Waals surface area contributed by atoms with Gasteiger partial charge in [-0.1, -0.05) is 65.7 Å². The molecule has 0 radical (unpaired) electrons. The minimum Gasteiger partial charge on any atom is -0.349 e. The number of ketones is 2. The Bertz CT molecular complexity index is 1430. The Balaban J connectivity index is 1.54. The summed E-state index contributed by atoms with van der Waals surface area (Å²) in [6.07, 6.45) is -0.998. The molecule has 2 fully saturated rings. The van der Waals surface area contributed by atoms with Crippen LogP contribution < -0.4 is 4.90 Å². The van der Waals surface area contributed by atoms with Crippen LogP contribution in [-0.2, 0) is 14.3 Å². The van der Waals surface area contributed by atoms with E-state index in [2.05, 4.69) is 0 Å². The lowest BCUT2D eigenvalue weighted by molar-refractivity contribution is -0.127. The molecule has 35 heavy (non-hydrogen) atoms. The van der Waals surface area contributed by atoms with Crippen LogP contribution in [0.4, 0.5) is 5.69 Å². The van der Waals surface area contributed by atoms with Crippen molar-refractivity contribution in [1.82, 2.24) is 0 Å². The molecule has 1 aliphatic carbocycles. The quantitative estimate of drug-likeness (QED) is 0.361. The van der Waals surface area contributed by atoms with Crippen LogP contribution in [0.1, 0.15) is 37.9 Å². The summed E-state index contributed by atoms with van der Waals surface area (Å²) in [5, 5.41) is 0.865. The molecule has 2 amide bonds. The molecule has 6 nitrogen and oxygen atoms in total. The van der Waals surface area contributed by atoms with E-state index in [4.69, 9.17) is 27.9 Å². The Morgan fingerprint density at radius 3 is 2.06 bits per heavy atom. The molecule has 3 atom stereocenters. The molecule has 0 bridgehead atoms. The van der Waals surface area contributed by atoms with Gasteiger partial charge in [0.2, 0.25) is 29.0 Å². The van der Waals surface area contributed by atoms with Crippen LogP contribution >= 0.6 is 23.2 Å². The second-order valence-electron chi connectivity index (χ2n) is 8.98. The minimum atomic E-state index is -2.12. The number of carbonyl (C=O) groups excluding carboxylic acids is 4. The lowest BCUT2D eigenvalue weighted by Crippen LogP contribution is -2.51. The number of amides is 2. The maximum Gasteiger partial charge on any atom is 0.241 e. The summed E-state index contributed by atoms with van der Waals surface area (Å²) in [6.45, 7) is 1.81. The van der Waals surface area contributed by atoms with E-state index in [0.29, 0.717) is 15.6 Å². The van der Waals surface area contributed by atoms with Gasteiger partial charge in [-0.25, -0.2) is 4.90 Å². The molecule has 174 valence electrons. The van der Waals surface area contributed by atoms with Gasteiger partial charge in [-0.15, -0.1) is 0 Å². The predicted octanol–water partition coefficient (Wildman–Crippen LogP) is 5.00. The molecule has 2 saturated heterocycles. The summed E-state index contributed by atoms with van der Waals surface area (Å²) in [5.41, 5.74) is -0.136. The molecule has 6 rings (SSSR count). The molecule has 0 unspecified atom stereocenters. The normalized spacial score (nSPS) is 24.4. The number of Topliss-reactive ketones (excluding diaryl/α,β-unsaturated/α-hetero) is 2. The number of nitrogens with zero attached hydrogens (tertiary/aromatic N) is 1. The van der Waals surface area contributed by atoms with Crippen molar-refractivity contribution in [3.05, 3.63) is 99.0 Å². The SMILES string of the molecule is Cc1ccc(N2C(=O)[C@@H]3[C@@H](c4ccc(Cl)cc4)OC4(C(=O)c5ccccc5C4=O)[C@@H]3C2=O)cc1Cl. The lowest BCUT2D eigenvalue weighted by Gasteiger charge is -2.27.